The maximum Gasteiger partial charge on any atom is 0.140 e. The first kappa shape index (κ1) is 18.4. The van der Waals surface area contributed by atoms with Crippen LogP contribution in [0.1, 0.15) is 30.5 Å². The third kappa shape index (κ3) is 4.23. The van der Waals surface area contributed by atoms with Gasteiger partial charge in [-0.3, -0.25) is 4.99 Å². The zero-order chi connectivity index (χ0) is 18.2. The van der Waals surface area contributed by atoms with Crippen LogP contribution in [0, 0.1) is 18.6 Å². The highest BCUT2D eigenvalue weighted by molar-refractivity contribution is 9.10. The third-order valence-electron chi connectivity index (χ3n) is 4.04. The van der Waals surface area contributed by atoms with Gasteiger partial charge < -0.3 is 5.32 Å². The van der Waals surface area contributed by atoms with Gasteiger partial charge >= 0.3 is 0 Å². The molecule has 1 N–H and O–H groups in total. The second kappa shape index (κ2) is 7.08. The monoisotopic (exact) mass is 424 g/mol. The number of halogens is 3. The number of aliphatic imine (C=N–C) groups is 1. The fraction of sp³-hybridized carbons (Fsp3) is 0.316. The summed E-state index contributed by atoms with van der Waals surface area (Å²) in [5.74, 6) is 0.000678. The van der Waals surface area contributed by atoms with Gasteiger partial charge in [0.2, 0.25) is 0 Å². The number of hydrogen-bond acceptors (Lipinski definition) is 3. The Labute approximate surface area is 159 Å². The van der Waals surface area contributed by atoms with Crippen LogP contribution in [0.25, 0.3) is 0 Å². The Balaban J connectivity index is 1.92. The predicted octanol–water partition coefficient (Wildman–Crippen LogP) is 5.46. The van der Waals surface area contributed by atoms with Crippen molar-refractivity contribution < 1.29 is 8.78 Å². The van der Waals surface area contributed by atoms with E-state index in [-0.39, 0.29) is 5.54 Å². The van der Waals surface area contributed by atoms with E-state index in [0.717, 1.165) is 21.7 Å². The van der Waals surface area contributed by atoms with Gasteiger partial charge in [0, 0.05) is 21.9 Å². The van der Waals surface area contributed by atoms with E-state index in [4.69, 9.17) is 0 Å². The number of benzene rings is 2. The first-order chi connectivity index (χ1) is 11.7. The van der Waals surface area contributed by atoms with Gasteiger partial charge in [-0.2, -0.15) is 0 Å². The molecule has 0 amide bonds. The lowest BCUT2D eigenvalue weighted by molar-refractivity contribution is 0.505. The van der Waals surface area contributed by atoms with Crippen LogP contribution in [-0.4, -0.2) is 17.9 Å². The minimum Gasteiger partial charge on any atom is -0.363 e. The molecule has 0 aliphatic carbocycles. The summed E-state index contributed by atoms with van der Waals surface area (Å²) in [7, 11) is 0. The predicted molar refractivity (Wildman–Crippen MR) is 103 cm³/mol. The molecule has 1 aliphatic rings. The lowest BCUT2D eigenvalue weighted by atomic mass is 10.1. The fourth-order valence-corrected chi connectivity index (χ4v) is 4.18. The van der Waals surface area contributed by atoms with E-state index in [1.54, 1.807) is 0 Å². The number of rotatable bonds is 4. The molecule has 0 fully saturated rings. The lowest BCUT2D eigenvalue weighted by Gasteiger charge is -2.19. The second-order valence-corrected chi connectivity index (χ2v) is 8.70. The molecule has 0 unspecified atom stereocenters. The Morgan fingerprint density at radius 2 is 2.00 bits per heavy atom. The van der Waals surface area contributed by atoms with Crippen molar-refractivity contribution in [3.05, 3.63) is 63.1 Å². The van der Waals surface area contributed by atoms with Crippen LogP contribution in [0.15, 0.2) is 44.7 Å². The quantitative estimate of drug-likeness (QED) is 0.659. The summed E-state index contributed by atoms with van der Waals surface area (Å²) < 4.78 is 29.3. The number of aryl methyl sites for hydroxylation is 1. The minimum absolute atomic E-state index is 0.207. The number of amidine groups is 1. The standard InChI is InChI=1S/C19H19BrF2N2S/c1-11-4-5-13(20)6-12(11)9-25-17-15(7-14(21)8-16(17)22)18-23-10-19(2,3)24-18/h4-8H,9-10H2,1-3H3,(H,23,24). The number of nitrogens with zero attached hydrogens (tertiary/aromatic N) is 1. The Kier molecular flexibility index (Phi) is 5.21. The van der Waals surface area contributed by atoms with Crippen LogP contribution in [0.4, 0.5) is 8.78 Å². The molecule has 2 aromatic rings. The smallest absolute Gasteiger partial charge is 0.140 e. The van der Waals surface area contributed by atoms with Crippen molar-refractivity contribution in [3.63, 3.8) is 0 Å². The zero-order valence-corrected chi connectivity index (χ0v) is 16.7. The van der Waals surface area contributed by atoms with Crippen LogP contribution in [0.2, 0.25) is 0 Å². The first-order valence-electron chi connectivity index (χ1n) is 7.95. The highest BCUT2D eigenvalue weighted by Gasteiger charge is 2.28. The molecule has 1 aliphatic heterocycles. The van der Waals surface area contributed by atoms with E-state index >= 15 is 0 Å². The fourth-order valence-electron chi connectivity index (χ4n) is 2.66. The summed E-state index contributed by atoms with van der Waals surface area (Å²) in [6.07, 6.45) is 0. The second-order valence-electron chi connectivity index (χ2n) is 6.80. The van der Waals surface area contributed by atoms with Crippen molar-refractivity contribution in [1.29, 1.82) is 0 Å². The molecule has 6 heteroatoms. The Hall–Kier alpha value is -1.40. The van der Waals surface area contributed by atoms with E-state index in [0.29, 0.717) is 28.6 Å². The van der Waals surface area contributed by atoms with Crippen LogP contribution in [0.3, 0.4) is 0 Å². The maximum atomic E-state index is 14.5. The molecule has 0 spiro atoms. The van der Waals surface area contributed by atoms with Gasteiger partial charge in [-0.05, 0) is 50.1 Å². The molecule has 0 atom stereocenters. The van der Waals surface area contributed by atoms with Gasteiger partial charge in [0.1, 0.15) is 17.5 Å². The molecular weight excluding hydrogens is 406 g/mol. The summed E-state index contributed by atoms with van der Waals surface area (Å²) in [5.41, 5.74) is 2.52. The highest BCUT2D eigenvalue weighted by atomic mass is 79.9. The largest absolute Gasteiger partial charge is 0.363 e. The Morgan fingerprint density at radius 3 is 2.68 bits per heavy atom. The molecule has 0 bridgehead atoms. The average Bonchev–Trinajstić information content (AvgIpc) is 2.89. The van der Waals surface area contributed by atoms with E-state index in [9.17, 15) is 8.78 Å². The molecule has 132 valence electrons. The normalized spacial score (nSPS) is 15.8. The Bertz CT molecular complexity index is 850. The van der Waals surface area contributed by atoms with Crippen molar-refractivity contribution in [2.24, 2.45) is 4.99 Å². The molecule has 0 aromatic heterocycles. The summed E-state index contributed by atoms with van der Waals surface area (Å²) in [4.78, 5) is 4.86. The van der Waals surface area contributed by atoms with Crippen LogP contribution in [-0.2, 0) is 5.75 Å². The molecule has 0 radical (unpaired) electrons. The van der Waals surface area contributed by atoms with E-state index in [2.05, 4.69) is 26.2 Å². The van der Waals surface area contributed by atoms with Crippen LogP contribution >= 0.6 is 27.7 Å². The molecule has 2 nitrogen and oxygen atoms in total. The molecule has 25 heavy (non-hydrogen) atoms. The van der Waals surface area contributed by atoms with Gasteiger partial charge in [0.05, 0.1) is 17.0 Å². The summed E-state index contributed by atoms with van der Waals surface area (Å²) in [5, 5.41) is 3.26. The summed E-state index contributed by atoms with van der Waals surface area (Å²) in [6, 6.07) is 8.31. The van der Waals surface area contributed by atoms with Crippen LogP contribution < -0.4 is 5.32 Å². The SMILES string of the molecule is Cc1ccc(Br)cc1CSc1c(F)cc(F)cc1C1=NCC(C)(C)N1. The minimum atomic E-state index is -0.593. The first-order valence-corrected chi connectivity index (χ1v) is 9.73. The Morgan fingerprint density at radius 1 is 1.24 bits per heavy atom. The average molecular weight is 425 g/mol. The van der Waals surface area contributed by atoms with Gasteiger partial charge in [0.15, 0.2) is 0 Å². The molecule has 0 saturated carbocycles. The van der Waals surface area contributed by atoms with Crippen molar-refractivity contribution in [1.82, 2.24) is 5.32 Å². The van der Waals surface area contributed by atoms with Crippen molar-refractivity contribution in [3.8, 4) is 0 Å². The maximum absolute atomic E-state index is 14.5. The van der Waals surface area contributed by atoms with Gasteiger partial charge in [-0.25, -0.2) is 8.78 Å². The van der Waals surface area contributed by atoms with E-state index in [1.807, 2.05) is 39.0 Å². The zero-order valence-electron chi connectivity index (χ0n) is 14.3. The van der Waals surface area contributed by atoms with Gasteiger partial charge in [-0.1, -0.05) is 22.0 Å². The van der Waals surface area contributed by atoms with Gasteiger partial charge in [0.25, 0.3) is 0 Å². The molecule has 0 saturated heterocycles. The highest BCUT2D eigenvalue weighted by Crippen LogP contribution is 2.33. The van der Waals surface area contributed by atoms with E-state index in [1.165, 1.54) is 17.8 Å². The molecule has 2 aromatic carbocycles. The third-order valence-corrected chi connectivity index (χ3v) is 5.69. The van der Waals surface area contributed by atoms with Gasteiger partial charge in [-0.15, -0.1) is 11.8 Å². The molecule has 1 heterocycles. The summed E-state index contributed by atoms with van der Waals surface area (Å²) >= 11 is 4.83. The number of thioether (sulfide) groups is 1. The van der Waals surface area contributed by atoms with Crippen molar-refractivity contribution >= 4 is 33.5 Å². The lowest BCUT2D eigenvalue weighted by Crippen LogP contribution is -2.40. The molecule has 3 rings (SSSR count). The number of nitrogens with one attached hydrogen (secondary N) is 1. The van der Waals surface area contributed by atoms with Crippen molar-refractivity contribution in [2.75, 3.05) is 6.54 Å². The van der Waals surface area contributed by atoms with Crippen LogP contribution in [0.5, 0.6) is 0 Å². The topological polar surface area (TPSA) is 24.4 Å². The molecular formula is C19H19BrF2N2S. The summed E-state index contributed by atoms with van der Waals surface area (Å²) in [6.45, 7) is 6.62. The van der Waals surface area contributed by atoms with Crippen molar-refractivity contribution in [2.45, 2.75) is 37.0 Å². The van der Waals surface area contributed by atoms with E-state index < -0.39 is 11.6 Å². The number of hydrogen-bond donors (Lipinski definition) is 1.